The lowest BCUT2D eigenvalue weighted by Gasteiger charge is -2.27. The monoisotopic (exact) mass is 552 g/mol. The number of benzene rings is 1. The molecule has 3 aromatic rings. The van der Waals surface area contributed by atoms with Gasteiger partial charge in [0, 0.05) is 25.7 Å². The molecule has 1 aromatic carbocycles. The molecule has 18 heteroatoms. The zero-order valence-corrected chi connectivity index (χ0v) is 20.7. The van der Waals surface area contributed by atoms with Gasteiger partial charge in [-0.1, -0.05) is 0 Å². The van der Waals surface area contributed by atoms with Crippen LogP contribution in [0.15, 0.2) is 54.2 Å². The maximum absolute atomic E-state index is 13.4. The largest absolute Gasteiger partial charge is 0.390 e. The number of anilines is 1. The molecule has 2 atom stereocenters. The molecule has 3 rings (SSSR count). The Morgan fingerprint density at radius 1 is 0.974 bits per heavy atom. The number of carbonyl (C=O) groups excluding carboxylic acids is 1. The van der Waals surface area contributed by atoms with Crippen molar-refractivity contribution < 1.29 is 33.3 Å². The van der Waals surface area contributed by atoms with Crippen molar-refractivity contribution in [3.05, 3.63) is 69.5 Å². The molecular formula is C20H24N8O9S. The Labute approximate surface area is 215 Å². The minimum atomic E-state index is -4.30. The van der Waals surface area contributed by atoms with Crippen LogP contribution in [-0.2, 0) is 27.9 Å². The molecule has 204 valence electrons. The van der Waals surface area contributed by atoms with Gasteiger partial charge in [0.05, 0.1) is 30.2 Å². The number of aliphatic hydroxyl groups excluding tert-OH is 2. The molecule has 0 saturated carbocycles. The van der Waals surface area contributed by atoms with Crippen LogP contribution in [0.1, 0.15) is 6.92 Å². The quantitative estimate of drug-likeness (QED) is 0.188. The van der Waals surface area contributed by atoms with Crippen LogP contribution in [0.2, 0.25) is 0 Å². The maximum atomic E-state index is 13.4. The predicted molar refractivity (Wildman–Crippen MR) is 129 cm³/mol. The van der Waals surface area contributed by atoms with Crippen LogP contribution in [0.3, 0.4) is 0 Å². The number of aromatic nitrogens is 4. The number of nitrogens with one attached hydrogen (secondary N) is 1. The third kappa shape index (κ3) is 7.38. The summed E-state index contributed by atoms with van der Waals surface area (Å²) < 4.78 is 30.1. The van der Waals surface area contributed by atoms with Crippen molar-refractivity contribution in [1.82, 2.24) is 23.4 Å². The molecule has 0 radical (unpaired) electrons. The van der Waals surface area contributed by atoms with Gasteiger partial charge in [-0.25, -0.2) is 8.42 Å². The normalized spacial score (nSPS) is 13.3. The Bertz CT molecular complexity index is 1340. The van der Waals surface area contributed by atoms with E-state index in [0.717, 1.165) is 29.4 Å². The van der Waals surface area contributed by atoms with E-state index in [1.165, 1.54) is 40.3 Å². The lowest BCUT2D eigenvalue weighted by molar-refractivity contribution is -0.389. The van der Waals surface area contributed by atoms with E-state index in [1.54, 1.807) is 0 Å². The summed E-state index contributed by atoms with van der Waals surface area (Å²) in [4.78, 5) is 38.5. The first-order valence-corrected chi connectivity index (χ1v) is 12.4. The topological polar surface area (TPSA) is 229 Å². The number of amides is 1. The molecule has 0 aliphatic rings. The first kappa shape index (κ1) is 28.3. The molecule has 2 heterocycles. The van der Waals surface area contributed by atoms with E-state index in [4.69, 9.17) is 0 Å². The number of sulfonamides is 1. The summed E-state index contributed by atoms with van der Waals surface area (Å²) in [5.74, 6) is -1.26. The number of nitrogens with zero attached hydrogens (tertiary/aromatic N) is 7. The molecule has 38 heavy (non-hydrogen) atoms. The molecule has 2 aromatic heterocycles. The number of carbonyl (C=O) groups is 1. The van der Waals surface area contributed by atoms with E-state index in [0.29, 0.717) is 5.69 Å². The second-order valence-electron chi connectivity index (χ2n) is 8.21. The number of hydrogen-bond acceptors (Lipinski definition) is 11. The standard InChI is InChI=1S/C20H24N8O9S/c1-14(29)23-15-2-4-18(5-3-15)38(36,37)26(8-16(30)6-24-10-19(21-12-24)27(32)33)9-17(31)7-25-11-20(22-13-25)28(34)35/h2-5,10-13,16-17,30-31H,6-9H2,1H3,(H,23,29). The number of nitro groups is 2. The van der Waals surface area contributed by atoms with Gasteiger partial charge in [-0.05, 0) is 44.1 Å². The van der Waals surface area contributed by atoms with Crippen LogP contribution >= 0.6 is 0 Å². The number of aliphatic hydroxyl groups is 2. The average Bonchev–Trinajstić information content (AvgIpc) is 3.48. The Hall–Kier alpha value is -4.26. The summed E-state index contributed by atoms with van der Waals surface area (Å²) in [6.07, 6.45) is 1.65. The van der Waals surface area contributed by atoms with Crippen molar-refractivity contribution in [2.24, 2.45) is 0 Å². The van der Waals surface area contributed by atoms with Crippen molar-refractivity contribution in [3.8, 4) is 0 Å². The number of imidazole rings is 2. The summed E-state index contributed by atoms with van der Waals surface area (Å²) in [5.41, 5.74) is 0.353. The molecule has 17 nitrogen and oxygen atoms in total. The Kier molecular flexibility index (Phi) is 8.84. The highest BCUT2D eigenvalue weighted by atomic mass is 32.2. The van der Waals surface area contributed by atoms with Gasteiger partial charge in [0.25, 0.3) is 0 Å². The van der Waals surface area contributed by atoms with E-state index < -0.39 is 56.8 Å². The lowest BCUT2D eigenvalue weighted by Crippen LogP contribution is -2.43. The van der Waals surface area contributed by atoms with Crippen molar-refractivity contribution in [2.45, 2.75) is 37.1 Å². The predicted octanol–water partition coefficient (Wildman–Crippen LogP) is -0.0327. The fourth-order valence-corrected chi connectivity index (χ4v) is 5.01. The molecule has 0 fully saturated rings. The number of hydrogen-bond donors (Lipinski definition) is 3. The third-order valence-electron chi connectivity index (χ3n) is 5.10. The van der Waals surface area contributed by atoms with Gasteiger partial charge in [0.15, 0.2) is 0 Å². The molecular weight excluding hydrogens is 528 g/mol. The van der Waals surface area contributed by atoms with Crippen molar-refractivity contribution in [1.29, 1.82) is 0 Å². The van der Waals surface area contributed by atoms with Crippen molar-refractivity contribution in [3.63, 3.8) is 0 Å². The molecule has 0 bridgehead atoms. The lowest BCUT2D eigenvalue weighted by atomic mass is 10.3. The highest BCUT2D eigenvalue weighted by Crippen LogP contribution is 2.20. The SMILES string of the molecule is CC(=O)Nc1ccc(S(=O)(=O)N(CC(O)Cn2cnc([N+](=O)[O-])c2)CC(O)Cn2cnc([N+](=O)[O-])c2)cc1. The molecule has 3 N–H and O–H groups in total. The molecule has 0 spiro atoms. The molecule has 0 saturated heterocycles. The van der Waals surface area contributed by atoms with Gasteiger partial charge in [-0.2, -0.15) is 4.31 Å². The first-order chi connectivity index (χ1) is 17.8. The van der Waals surface area contributed by atoms with Crippen LogP contribution in [0.4, 0.5) is 17.3 Å². The van der Waals surface area contributed by atoms with E-state index in [9.17, 15) is 43.7 Å². The summed E-state index contributed by atoms with van der Waals surface area (Å²) in [6, 6.07) is 5.22. The molecule has 1 amide bonds. The van der Waals surface area contributed by atoms with E-state index in [2.05, 4.69) is 15.3 Å². The van der Waals surface area contributed by atoms with Gasteiger partial charge in [0.2, 0.25) is 28.6 Å². The van der Waals surface area contributed by atoms with Gasteiger partial charge in [0.1, 0.15) is 12.4 Å². The zero-order valence-electron chi connectivity index (χ0n) is 19.9. The van der Waals surface area contributed by atoms with E-state index >= 15 is 0 Å². The summed E-state index contributed by atoms with van der Waals surface area (Å²) >= 11 is 0. The van der Waals surface area contributed by atoms with Crippen molar-refractivity contribution >= 4 is 33.3 Å². The number of rotatable bonds is 13. The minimum Gasteiger partial charge on any atom is -0.390 e. The average molecular weight is 553 g/mol. The molecule has 0 aliphatic heterocycles. The van der Waals surface area contributed by atoms with Gasteiger partial charge >= 0.3 is 11.6 Å². The van der Waals surface area contributed by atoms with Crippen LogP contribution in [0.25, 0.3) is 0 Å². The van der Waals surface area contributed by atoms with Gasteiger partial charge in [-0.3, -0.25) is 4.79 Å². The summed E-state index contributed by atoms with van der Waals surface area (Å²) in [5, 5.41) is 45.4. The van der Waals surface area contributed by atoms with Crippen LogP contribution in [-0.4, -0.2) is 83.1 Å². The fraction of sp³-hybridized carbons (Fsp3) is 0.350. The highest BCUT2D eigenvalue weighted by Gasteiger charge is 2.29. The zero-order chi connectivity index (χ0) is 28.0. The fourth-order valence-electron chi connectivity index (χ4n) is 3.49. The molecule has 2 unspecified atom stereocenters. The van der Waals surface area contributed by atoms with Gasteiger partial charge < -0.3 is 44.9 Å². The van der Waals surface area contributed by atoms with Crippen molar-refractivity contribution in [2.75, 3.05) is 18.4 Å². The minimum absolute atomic E-state index is 0.192. The van der Waals surface area contributed by atoms with E-state index in [1.807, 2.05) is 0 Å². The third-order valence-corrected chi connectivity index (χ3v) is 6.94. The Balaban J connectivity index is 1.81. The molecule has 0 aliphatic carbocycles. The smallest absolute Gasteiger partial charge is 0.381 e. The first-order valence-electron chi connectivity index (χ1n) is 10.9. The Morgan fingerprint density at radius 3 is 1.79 bits per heavy atom. The van der Waals surface area contributed by atoms with Gasteiger partial charge in [-0.15, -0.1) is 0 Å². The van der Waals surface area contributed by atoms with Crippen LogP contribution < -0.4 is 5.32 Å². The van der Waals surface area contributed by atoms with E-state index in [-0.39, 0.29) is 23.9 Å². The Morgan fingerprint density at radius 2 is 1.42 bits per heavy atom. The second-order valence-corrected chi connectivity index (χ2v) is 10.1. The van der Waals surface area contributed by atoms with Crippen LogP contribution in [0.5, 0.6) is 0 Å². The maximum Gasteiger partial charge on any atom is 0.381 e. The summed E-state index contributed by atoms with van der Waals surface area (Å²) in [6.45, 7) is -0.207. The second kappa shape index (κ2) is 11.9. The summed E-state index contributed by atoms with van der Waals surface area (Å²) in [7, 11) is -4.30. The van der Waals surface area contributed by atoms with Crippen LogP contribution in [0, 0.1) is 20.2 Å². The highest BCUT2D eigenvalue weighted by molar-refractivity contribution is 7.89.